The van der Waals surface area contributed by atoms with E-state index in [-0.39, 0.29) is 19.6 Å². The number of sulfonamides is 1. The summed E-state index contributed by atoms with van der Waals surface area (Å²) in [5, 5.41) is 10.8. The predicted molar refractivity (Wildman–Crippen MR) is 82.4 cm³/mol. The predicted octanol–water partition coefficient (Wildman–Crippen LogP) is 3.51. The molecule has 0 aliphatic carbocycles. The van der Waals surface area contributed by atoms with E-state index in [0.717, 1.165) is 36.7 Å². The van der Waals surface area contributed by atoms with Crippen LogP contribution in [0, 0.1) is 15.5 Å². The zero-order valence-corrected chi connectivity index (χ0v) is 14.2. The van der Waals surface area contributed by atoms with Gasteiger partial charge in [0.15, 0.2) is 4.34 Å². The SMILES string of the molecule is CCC1(C)CCN(S(=O)(=O)c2cc([N+](=O)[O-])c(Cl)s2)CC1. The van der Waals surface area contributed by atoms with Crippen LogP contribution in [0.1, 0.15) is 33.1 Å². The van der Waals surface area contributed by atoms with Crippen molar-refractivity contribution in [3.8, 4) is 0 Å². The van der Waals surface area contributed by atoms with Gasteiger partial charge >= 0.3 is 0 Å². The molecule has 21 heavy (non-hydrogen) atoms. The summed E-state index contributed by atoms with van der Waals surface area (Å²) >= 11 is 6.49. The molecular weight excluding hydrogens is 336 g/mol. The fraction of sp³-hybridized carbons (Fsp3) is 0.667. The Kier molecular flexibility index (Phi) is 4.63. The lowest BCUT2D eigenvalue weighted by atomic mass is 9.79. The molecule has 0 spiro atoms. The van der Waals surface area contributed by atoms with Crippen LogP contribution in [0.5, 0.6) is 0 Å². The van der Waals surface area contributed by atoms with Gasteiger partial charge < -0.3 is 0 Å². The van der Waals surface area contributed by atoms with Gasteiger partial charge in [-0.2, -0.15) is 4.31 Å². The highest BCUT2D eigenvalue weighted by Crippen LogP contribution is 2.40. The lowest BCUT2D eigenvalue weighted by molar-refractivity contribution is -0.384. The number of halogens is 1. The first-order valence-corrected chi connectivity index (χ1v) is 9.27. The van der Waals surface area contributed by atoms with E-state index < -0.39 is 14.9 Å². The molecule has 1 aromatic heterocycles. The van der Waals surface area contributed by atoms with E-state index >= 15 is 0 Å². The zero-order valence-electron chi connectivity index (χ0n) is 11.8. The topological polar surface area (TPSA) is 80.5 Å². The summed E-state index contributed by atoms with van der Waals surface area (Å²) in [7, 11) is -3.69. The normalized spacial score (nSPS) is 19.6. The first-order chi connectivity index (χ1) is 9.69. The van der Waals surface area contributed by atoms with E-state index in [0.29, 0.717) is 13.1 Å². The van der Waals surface area contributed by atoms with E-state index in [1.54, 1.807) is 0 Å². The summed E-state index contributed by atoms with van der Waals surface area (Å²) in [6.07, 6.45) is 2.60. The number of thiophene rings is 1. The van der Waals surface area contributed by atoms with Crippen molar-refractivity contribution in [1.29, 1.82) is 0 Å². The highest BCUT2D eigenvalue weighted by molar-refractivity contribution is 7.91. The maximum absolute atomic E-state index is 12.5. The largest absolute Gasteiger partial charge is 0.300 e. The van der Waals surface area contributed by atoms with Gasteiger partial charge in [-0.05, 0) is 18.3 Å². The number of hydrogen-bond donors (Lipinski definition) is 0. The zero-order chi connectivity index (χ0) is 15.8. The van der Waals surface area contributed by atoms with Crippen LogP contribution in [0.25, 0.3) is 0 Å². The number of rotatable bonds is 4. The molecule has 0 N–H and O–H groups in total. The van der Waals surface area contributed by atoms with Gasteiger partial charge in [0.2, 0.25) is 0 Å². The fourth-order valence-corrected chi connectivity index (χ4v) is 5.60. The summed E-state index contributed by atoms with van der Waals surface area (Å²) in [5.74, 6) is 0. The molecule has 0 aromatic carbocycles. The average Bonchev–Trinajstić information content (AvgIpc) is 2.82. The summed E-state index contributed by atoms with van der Waals surface area (Å²) in [4.78, 5) is 10.1. The monoisotopic (exact) mass is 352 g/mol. The van der Waals surface area contributed by atoms with Gasteiger partial charge in [0, 0.05) is 19.2 Å². The third-order valence-corrected chi connectivity index (χ3v) is 7.91. The van der Waals surface area contributed by atoms with Crippen LogP contribution < -0.4 is 0 Å². The van der Waals surface area contributed by atoms with Crippen molar-refractivity contribution in [2.24, 2.45) is 5.41 Å². The van der Waals surface area contributed by atoms with Crippen molar-refractivity contribution in [2.45, 2.75) is 37.3 Å². The van der Waals surface area contributed by atoms with Crippen LogP contribution in [0.4, 0.5) is 5.69 Å². The summed E-state index contributed by atoms with van der Waals surface area (Å²) in [5.41, 5.74) is -0.180. The Balaban J connectivity index is 2.24. The van der Waals surface area contributed by atoms with Gasteiger partial charge in [-0.1, -0.05) is 31.9 Å². The molecule has 0 radical (unpaired) electrons. The van der Waals surface area contributed by atoms with Gasteiger partial charge in [0.05, 0.1) is 4.92 Å². The van der Waals surface area contributed by atoms with Crippen molar-refractivity contribution in [3.05, 3.63) is 20.5 Å². The van der Waals surface area contributed by atoms with E-state index in [2.05, 4.69) is 13.8 Å². The van der Waals surface area contributed by atoms with Crippen molar-refractivity contribution in [2.75, 3.05) is 13.1 Å². The van der Waals surface area contributed by atoms with Crippen molar-refractivity contribution < 1.29 is 13.3 Å². The smallest absolute Gasteiger partial charge is 0.258 e. The summed E-state index contributed by atoms with van der Waals surface area (Å²) < 4.78 is 26.3. The van der Waals surface area contributed by atoms with E-state index in [1.807, 2.05) is 0 Å². The minimum atomic E-state index is -3.69. The molecular formula is C12H17ClN2O4S2. The fourth-order valence-electron chi connectivity index (χ4n) is 2.34. The van der Waals surface area contributed by atoms with Crippen LogP contribution in [-0.4, -0.2) is 30.7 Å². The Morgan fingerprint density at radius 3 is 2.48 bits per heavy atom. The van der Waals surface area contributed by atoms with Gasteiger partial charge in [-0.15, -0.1) is 11.3 Å². The molecule has 6 nitrogen and oxygen atoms in total. The average molecular weight is 353 g/mol. The molecule has 1 saturated heterocycles. The molecule has 2 heterocycles. The molecule has 2 rings (SSSR count). The summed E-state index contributed by atoms with van der Waals surface area (Å²) in [6.45, 7) is 5.14. The molecule has 0 atom stereocenters. The molecule has 0 amide bonds. The van der Waals surface area contributed by atoms with Crippen LogP contribution in [0.3, 0.4) is 0 Å². The Labute approximate surface area is 132 Å². The Bertz CT molecular complexity index is 648. The number of nitro groups is 1. The molecule has 0 saturated carbocycles. The Morgan fingerprint density at radius 2 is 2.05 bits per heavy atom. The highest BCUT2D eigenvalue weighted by atomic mass is 35.5. The van der Waals surface area contributed by atoms with Crippen LogP contribution >= 0.6 is 22.9 Å². The number of piperidine rings is 1. The van der Waals surface area contributed by atoms with Gasteiger partial charge in [-0.25, -0.2) is 8.42 Å². The van der Waals surface area contributed by atoms with Crippen molar-refractivity contribution >= 4 is 38.6 Å². The molecule has 0 bridgehead atoms. The maximum atomic E-state index is 12.5. The standard InChI is InChI=1S/C12H17ClN2O4S2/c1-3-12(2)4-6-14(7-5-12)21(18,19)10-8-9(15(16)17)11(13)20-10/h8H,3-7H2,1-2H3. The molecule has 1 aliphatic heterocycles. The lowest BCUT2D eigenvalue weighted by Crippen LogP contribution is -2.41. The molecule has 9 heteroatoms. The highest BCUT2D eigenvalue weighted by Gasteiger charge is 2.36. The maximum Gasteiger partial charge on any atom is 0.300 e. The molecule has 1 aliphatic rings. The van der Waals surface area contributed by atoms with Gasteiger partial charge in [0.25, 0.3) is 15.7 Å². The second-order valence-electron chi connectivity index (χ2n) is 5.55. The number of hydrogen-bond acceptors (Lipinski definition) is 5. The third-order valence-electron chi connectivity index (χ3n) is 4.22. The minimum Gasteiger partial charge on any atom is -0.258 e. The van der Waals surface area contributed by atoms with E-state index in [9.17, 15) is 18.5 Å². The lowest BCUT2D eigenvalue weighted by Gasteiger charge is -2.37. The molecule has 1 aromatic rings. The van der Waals surface area contributed by atoms with Crippen molar-refractivity contribution in [3.63, 3.8) is 0 Å². The third kappa shape index (κ3) is 3.23. The second-order valence-corrected chi connectivity index (χ2v) is 9.37. The number of nitrogens with zero attached hydrogens (tertiary/aromatic N) is 2. The first-order valence-electron chi connectivity index (χ1n) is 6.63. The molecule has 0 unspecified atom stereocenters. The first kappa shape index (κ1) is 16.7. The van der Waals surface area contributed by atoms with E-state index in [4.69, 9.17) is 11.6 Å². The van der Waals surface area contributed by atoms with Gasteiger partial charge in [0.1, 0.15) is 4.21 Å². The Hall–Kier alpha value is -0.700. The minimum absolute atomic E-state index is 0.0562. The van der Waals surface area contributed by atoms with Crippen LogP contribution in [0.15, 0.2) is 10.3 Å². The van der Waals surface area contributed by atoms with Crippen molar-refractivity contribution in [1.82, 2.24) is 4.31 Å². The molecule has 1 fully saturated rings. The van der Waals surface area contributed by atoms with Crippen LogP contribution in [-0.2, 0) is 10.0 Å². The quantitative estimate of drug-likeness (QED) is 0.613. The second kappa shape index (κ2) is 5.83. The Morgan fingerprint density at radius 1 is 1.48 bits per heavy atom. The molecule has 118 valence electrons. The van der Waals surface area contributed by atoms with E-state index in [1.165, 1.54) is 4.31 Å². The van der Waals surface area contributed by atoms with Crippen LogP contribution in [0.2, 0.25) is 4.34 Å². The van der Waals surface area contributed by atoms with Gasteiger partial charge in [-0.3, -0.25) is 10.1 Å². The summed E-state index contributed by atoms with van der Waals surface area (Å²) in [6, 6.07) is 1.05.